The molecule has 0 amide bonds. The van der Waals surface area contributed by atoms with Gasteiger partial charge in [-0.15, -0.1) is 0 Å². The first kappa shape index (κ1) is 22.7. The lowest BCUT2D eigenvalue weighted by Crippen LogP contribution is -2.40. The third kappa shape index (κ3) is 7.11. The van der Waals surface area contributed by atoms with Crippen molar-refractivity contribution in [2.75, 3.05) is 6.16 Å². The predicted octanol–water partition coefficient (Wildman–Crippen LogP) is 4.98. The van der Waals surface area contributed by atoms with Crippen molar-refractivity contribution in [2.24, 2.45) is 5.73 Å². The highest BCUT2D eigenvalue weighted by Gasteiger charge is 2.31. The molecule has 4 N–H and O–H groups in total. The van der Waals surface area contributed by atoms with Crippen LogP contribution in [0.5, 0.6) is 11.5 Å². The Hall–Kier alpha value is -1.57. The molecule has 154 valence electrons. The molecule has 0 aliphatic heterocycles. The van der Waals surface area contributed by atoms with E-state index in [0.717, 1.165) is 12.1 Å². The summed E-state index contributed by atoms with van der Waals surface area (Å²) in [5.74, 6) is 0.286. The Balaban J connectivity index is 2.07. The maximum Gasteiger partial charge on any atom is 0.416 e. The number of rotatable bonds is 7. The van der Waals surface area contributed by atoms with E-state index in [4.69, 9.17) is 31.9 Å². The summed E-state index contributed by atoms with van der Waals surface area (Å²) < 4.78 is 54.9. The Morgan fingerprint density at radius 1 is 1.14 bits per heavy atom. The van der Waals surface area contributed by atoms with Crippen LogP contribution in [0.4, 0.5) is 13.2 Å². The molecule has 0 aliphatic carbocycles. The van der Waals surface area contributed by atoms with Crippen LogP contribution < -0.4 is 10.5 Å². The standard InChI is InChI=1S/C18H20ClF3NO4P/c1-17(23,11-28(24,25)26)8-7-12-5-6-15(10-16(12)19)27-14-4-2-3-13(9-14)18(20,21)22/h2-6,9-10H,7-8,11,23H2,1H3,(H2,24,25,26). The largest absolute Gasteiger partial charge is 0.457 e. The Labute approximate surface area is 165 Å². The zero-order chi connectivity index (χ0) is 21.2. The number of hydrogen-bond donors (Lipinski definition) is 3. The molecule has 0 aromatic heterocycles. The molecule has 2 aromatic carbocycles. The van der Waals surface area contributed by atoms with Gasteiger partial charge in [-0.1, -0.05) is 23.7 Å². The molecule has 0 aliphatic rings. The molecule has 0 saturated carbocycles. The van der Waals surface area contributed by atoms with Crippen molar-refractivity contribution in [1.82, 2.24) is 0 Å². The number of aryl methyl sites for hydroxylation is 1. The molecule has 0 bridgehead atoms. The van der Waals surface area contributed by atoms with Crippen molar-refractivity contribution in [3.05, 3.63) is 58.6 Å². The average Bonchev–Trinajstić information content (AvgIpc) is 2.51. The van der Waals surface area contributed by atoms with Crippen LogP contribution in [0.25, 0.3) is 0 Å². The molecular weight excluding hydrogens is 418 g/mol. The smallest absolute Gasteiger partial charge is 0.416 e. The highest BCUT2D eigenvalue weighted by Crippen LogP contribution is 2.39. The zero-order valence-electron chi connectivity index (χ0n) is 14.9. The SMILES string of the molecule is CC(N)(CCc1ccc(Oc2cccc(C(F)(F)F)c2)cc1Cl)CP(=O)(O)O. The predicted molar refractivity (Wildman–Crippen MR) is 101 cm³/mol. The lowest BCUT2D eigenvalue weighted by Gasteiger charge is -2.25. The summed E-state index contributed by atoms with van der Waals surface area (Å²) in [6.45, 7) is 1.55. The van der Waals surface area contributed by atoms with Gasteiger partial charge in [-0.05, 0) is 55.7 Å². The number of benzene rings is 2. The van der Waals surface area contributed by atoms with Crippen molar-refractivity contribution >= 4 is 19.2 Å². The molecule has 0 spiro atoms. The molecule has 0 heterocycles. The normalized spacial score (nSPS) is 14.6. The fraction of sp³-hybridized carbons (Fsp3) is 0.333. The molecule has 10 heteroatoms. The molecule has 5 nitrogen and oxygen atoms in total. The van der Waals surface area contributed by atoms with Gasteiger partial charge in [-0.2, -0.15) is 13.2 Å². The quantitative estimate of drug-likeness (QED) is 0.531. The summed E-state index contributed by atoms with van der Waals surface area (Å²) in [7, 11) is -4.24. The molecule has 1 atom stereocenters. The second-order valence-corrected chi connectivity index (χ2v) is 8.91. The van der Waals surface area contributed by atoms with Crippen molar-refractivity contribution < 1.29 is 32.3 Å². The molecule has 28 heavy (non-hydrogen) atoms. The van der Waals surface area contributed by atoms with E-state index in [1.54, 1.807) is 19.1 Å². The number of hydrogen-bond acceptors (Lipinski definition) is 3. The highest BCUT2D eigenvalue weighted by atomic mass is 35.5. The molecule has 0 fully saturated rings. The minimum absolute atomic E-state index is 0.0230. The van der Waals surface area contributed by atoms with Crippen molar-refractivity contribution in [1.29, 1.82) is 0 Å². The monoisotopic (exact) mass is 437 g/mol. The van der Waals surface area contributed by atoms with Gasteiger partial charge >= 0.3 is 13.8 Å². The van der Waals surface area contributed by atoms with Crippen LogP contribution in [0.1, 0.15) is 24.5 Å². The van der Waals surface area contributed by atoms with Crippen molar-refractivity contribution in [3.63, 3.8) is 0 Å². The third-order valence-electron chi connectivity index (χ3n) is 3.95. The van der Waals surface area contributed by atoms with Crippen LogP contribution in [-0.4, -0.2) is 21.5 Å². The van der Waals surface area contributed by atoms with E-state index in [1.165, 1.54) is 18.2 Å². The average molecular weight is 438 g/mol. The van der Waals surface area contributed by atoms with E-state index in [2.05, 4.69) is 0 Å². The van der Waals surface area contributed by atoms with Gasteiger partial charge in [0.2, 0.25) is 0 Å². The summed E-state index contributed by atoms with van der Waals surface area (Å²) >= 11 is 6.21. The Kier molecular flexibility index (Phi) is 6.84. The maximum absolute atomic E-state index is 12.8. The molecular formula is C18H20ClF3NO4P. The van der Waals surface area contributed by atoms with Crippen LogP contribution in [0.3, 0.4) is 0 Å². The van der Waals surface area contributed by atoms with E-state index in [1.807, 2.05) is 0 Å². The van der Waals surface area contributed by atoms with Gasteiger partial charge in [0.25, 0.3) is 0 Å². The first-order chi connectivity index (χ1) is 12.8. The summed E-state index contributed by atoms with van der Waals surface area (Å²) in [6.07, 6.45) is -4.27. The molecule has 0 saturated heterocycles. The van der Waals surface area contributed by atoms with E-state index in [0.29, 0.717) is 17.0 Å². The van der Waals surface area contributed by atoms with E-state index >= 15 is 0 Å². The van der Waals surface area contributed by atoms with Crippen LogP contribution in [0.15, 0.2) is 42.5 Å². The first-order valence-corrected chi connectivity index (χ1v) is 10.4. The molecule has 0 radical (unpaired) electrons. The fourth-order valence-electron chi connectivity index (χ4n) is 2.64. The summed E-state index contributed by atoms with van der Waals surface area (Å²) in [4.78, 5) is 18.1. The first-order valence-electron chi connectivity index (χ1n) is 8.22. The Bertz CT molecular complexity index is 883. The van der Waals surface area contributed by atoms with Gasteiger partial charge in [0.05, 0.1) is 11.7 Å². The van der Waals surface area contributed by atoms with Crippen molar-refractivity contribution in [3.8, 4) is 11.5 Å². The van der Waals surface area contributed by atoms with E-state index in [-0.39, 0.29) is 17.9 Å². The number of alkyl halides is 3. The second-order valence-electron chi connectivity index (χ2n) is 6.86. The third-order valence-corrected chi connectivity index (χ3v) is 5.44. The number of halogens is 4. The van der Waals surface area contributed by atoms with Crippen LogP contribution in [0.2, 0.25) is 5.02 Å². The van der Waals surface area contributed by atoms with Crippen LogP contribution >= 0.6 is 19.2 Å². The highest BCUT2D eigenvalue weighted by molar-refractivity contribution is 7.51. The molecule has 2 rings (SSSR count). The van der Waals surface area contributed by atoms with Crippen LogP contribution in [-0.2, 0) is 17.2 Å². The van der Waals surface area contributed by atoms with Crippen molar-refractivity contribution in [2.45, 2.75) is 31.5 Å². The zero-order valence-corrected chi connectivity index (χ0v) is 16.6. The lowest BCUT2D eigenvalue weighted by atomic mass is 9.96. The number of ether oxygens (including phenoxy) is 1. The lowest BCUT2D eigenvalue weighted by molar-refractivity contribution is -0.137. The van der Waals surface area contributed by atoms with Gasteiger partial charge in [0.1, 0.15) is 11.5 Å². The van der Waals surface area contributed by atoms with Gasteiger partial charge in [0.15, 0.2) is 0 Å². The maximum atomic E-state index is 12.8. The van der Waals surface area contributed by atoms with E-state index in [9.17, 15) is 17.7 Å². The Morgan fingerprint density at radius 3 is 2.36 bits per heavy atom. The van der Waals surface area contributed by atoms with E-state index < -0.39 is 31.0 Å². The summed E-state index contributed by atoms with van der Waals surface area (Å²) in [5, 5.41) is 0.316. The van der Waals surface area contributed by atoms with Gasteiger partial charge in [0, 0.05) is 10.6 Å². The minimum Gasteiger partial charge on any atom is -0.457 e. The summed E-state index contributed by atoms with van der Waals surface area (Å²) in [6, 6.07) is 9.15. The Morgan fingerprint density at radius 2 is 1.79 bits per heavy atom. The topological polar surface area (TPSA) is 92.8 Å². The number of nitrogens with two attached hydrogens (primary N) is 1. The molecule has 2 aromatic rings. The summed E-state index contributed by atoms with van der Waals surface area (Å²) in [5.41, 5.74) is 4.72. The van der Waals surface area contributed by atoms with Gasteiger partial charge in [-0.25, -0.2) is 0 Å². The second kappa shape index (κ2) is 8.43. The fourth-order valence-corrected chi connectivity index (χ4v) is 4.00. The van der Waals surface area contributed by atoms with Crippen LogP contribution in [0, 0.1) is 0 Å². The van der Waals surface area contributed by atoms with Gasteiger partial charge in [-0.3, -0.25) is 4.57 Å². The van der Waals surface area contributed by atoms with Gasteiger partial charge < -0.3 is 20.3 Å². The minimum atomic E-state index is -4.47. The molecule has 1 unspecified atom stereocenters.